The maximum absolute atomic E-state index is 9.71. The van der Waals surface area contributed by atoms with Crippen molar-refractivity contribution in [3.05, 3.63) is 126 Å². The first-order valence-electron chi connectivity index (χ1n) is 10.6. The van der Waals surface area contributed by atoms with Gasteiger partial charge in [-0.25, -0.2) is 4.99 Å². The Balaban J connectivity index is 1.72. The maximum atomic E-state index is 9.71. The number of aryl methyl sites for hydroxylation is 1. The van der Waals surface area contributed by atoms with E-state index in [0.717, 1.165) is 27.9 Å². The van der Waals surface area contributed by atoms with E-state index in [1.54, 1.807) is 23.9 Å². The van der Waals surface area contributed by atoms with Gasteiger partial charge in [-0.1, -0.05) is 90.1 Å². The molecule has 0 unspecified atom stereocenters. The molecule has 0 spiro atoms. The maximum Gasteiger partial charge on any atom is 0.169 e. The molecule has 0 amide bonds. The standard InChI is InChI=1S/C28H26N2OS/c1-22-12-18-27(19-13-22)32-28(29-25-10-6-3-7-11-25)30(20-23-8-4-2-5-9-23)21-24-14-16-26(31)17-15-24/h2-19,31H,20-21H2,1H3. The van der Waals surface area contributed by atoms with Gasteiger partial charge in [-0.3, -0.25) is 0 Å². The second kappa shape index (κ2) is 10.7. The molecule has 0 aliphatic rings. The number of hydrogen-bond acceptors (Lipinski definition) is 3. The SMILES string of the molecule is Cc1ccc(SC(=Nc2ccccc2)N(Cc2ccccc2)Cc2ccc(O)cc2)cc1. The fourth-order valence-electron chi connectivity index (χ4n) is 3.30. The predicted molar refractivity (Wildman–Crippen MR) is 134 cm³/mol. The van der Waals surface area contributed by atoms with Crippen molar-refractivity contribution < 1.29 is 5.11 Å². The number of hydrogen-bond donors (Lipinski definition) is 1. The largest absolute Gasteiger partial charge is 0.508 e. The molecule has 0 aliphatic carbocycles. The highest BCUT2D eigenvalue weighted by atomic mass is 32.2. The van der Waals surface area contributed by atoms with Gasteiger partial charge in [0, 0.05) is 18.0 Å². The first-order valence-corrected chi connectivity index (χ1v) is 11.4. The molecule has 0 aliphatic heterocycles. The zero-order valence-electron chi connectivity index (χ0n) is 18.1. The summed E-state index contributed by atoms with van der Waals surface area (Å²) in [5.74, 6) is 0.274. The van der Waals surface area contributed by atoms with Crippen LogP contribution in [0.25, 0.3) is 0 Å². The lowest BCUT2D eigenvalue weighted by Gasteiger charge is -2.26. The number of thioether (sulfide) groups is 1. The molecule has 0 bridgehead atoms. The van der Waals surface area contributed by atoms with E-state index < -0.39 is 0 Å². The van der Waals surface area contributed by atoms with Gasteiger partial charge in [-0.15, -0.1) is 0 Å². The molecule has 4 rings (SSSR count). The summed E-state index contributed by atoms with van der Waals surface area (Å²) in [4.78, 5) is 8.48. The van der Waals surface area contributed by atoms with Gasteiger partial charge in [0.2, 0.25) is 0 Å². The van der Waals surface area contributed by atoms with Gasteiger partial charge >= 0.3 is 0 Å². The number of phenols is 1. The van der Waals surface area contributed by atoms with Crippen LogP contribution in [-0.4, -0.2) is 15.2 Å². The summed E-state index contributed by atoms with van der Waals surface area (Å²) in [7, 11) is 0. The molecule has 160 valence electrons. The number of nitrogens with zero attached hydrogens (tertiary/aromatic N) is 2. The van der Waals surface area contributed by atoms with Crippen molar-refractivity contribution in [1.29, 1.82) is 0 Å². The predicted octanol–water partition coefficient (Wildman–Crippen LogP) is 7.18. The van der Waals surface area contributed by atoms with Crippen molar-refractivity contribution in [1.82, 2.24) is 4.90 Å². The zero-order chi connectivity index (χ0) is 22.2. The van der Waals surface area contributed by atoms with E-state index in [-0.39, 0.29) is 5.75 Å². The van der Waals surface area contributed by atoms with Crippen molar-refractivity contribution in [3.63, 3.8) is 0 Å². The van der Waals surface area contributed by atoms with Crippen LogP contribution in [0.3, 0.4) is 0 Å². The van der Waals surface area contributed by atoms with E-state index in [9.17, 15) is 5.11 Å². The molecule has 0 saturated heterocycles. The van der Waals surface area contributed by atoms with Gasteiger partial charge in [0.25, 0.3) is 0 Å². The van der Waals surface area contributed by atoms with Gasteiger partial charge in [0.05, 0.1) is 5.69 Å². The normalized spacial score (nSPS) is 11.3. The monoisotopic (exact) mass is 438 g/mol. The van der Waals surface area contributed by atoms with Gasteiger partial charge in [-0.05, 0) is 54.4 Å². The van der Waals surface area contributed by atoms with Crippen LogP contribution in [0, 0.1) is 6.92 Å². The fraction of sp³-hybridized carbons (Fsp3) is 0.107. The highest BCUT2D eigenvalue weighted by Gasteiger charge is 2.15. The molecule has 1 N–H and O–H groups in total. The van der Waals surface area contributed by atoms with Crippen LogP contribution >= 0.6 is 11.8 Å². The lowest BCUT2D eigenvalue weighted by molar-refractivity contribution is 0.414. The molecular formula is C28H26N2OS. The number of aliphatic imine (C=N–C) groups is 1. The van der Waals surface area contributed by atoms with Crippen molar-refractivity contribution in [3.8, 4) is 5.75 Å². The lowest BCUT2D eigenvalue weighted by atomic mass is 10.2. The molecule has 0 atom stereocenters. The highest BCUT2D eigenvalue weighted by Crippen LogP contribution is 2.27. The van der Waals surface area contributed by atoms with Gasteiger partial charge in [0.15, 0.2) is 5.17 Å². The minimum absolute atomic E-state index is 0.274. The Bertz CT molecular complexity index is 1140. The lowest BCUT2D eigenvalue weighted by Crippen LogP contribution is -2.28. The first-order chi connectivity index (χ1) is 15.7. The van der Waals surface area contributed by atoms with Crippen LogP contribution in [-0.2, 0) is 13.1 Å². The molecule has 4 aromatic carbocycles. The number of rotatable bonds is 6. The van der Waals surface area contributed by atoms with Crippen molar-refractivity contribution in [2.45, 2.75) is 24.9 Å². The molecule has 0 saturated carbocycles. The summed E-state index contributed by atoms with van der Waals surface area (Å²) >= 11 is 1.67. The number of aromatic hydroxyl groups is 1. The fourth-order valence-corrected chi connectivity index (χ4v) is 4.19. The molecule has 0 radical (unpaired) electrons. The zero-order valence-corrected chi connectivity index (χ0v) is 18.9. The third-order valence-corrected chi connectivity index (χ3v) is 6.05. The molecule has 0 fully saturated rings. The van der Waals surface area contributed by atoms with Crippen molar-refractivity contribution in [2.24, 2.45) is 4.99 Å². The Hall–Kier alpha value is -3.50. The molecule has 3 nitrogen and oxygen atoms in total. The van der Waals surface area contributed by atoms with Crippen LogP contribution < -0.4 is 0 Å². The molecule has 0 aromatic heterocycles. The first kappa shape index (κ1) is 21.7. The summed E-state index contributed by atoms with van der Waals surface area (Å²) in [5.41, 5.74) is 4.49. The molecule has 0 heterocycles. The number of phenolic OH excluding ortho intramolecular Hbond substituents is 1. The van der Waals surface area contributed by atoms with Gasteiger partial charge in [0.1, 0.15) is 5.75 Å². The molecule has 4 aromatic rings. The highest BCUT2D eigenvalue weighted by molar-refractivity contribution is 8.13. The second-order valence-electron chi connectivity index (χ2n) is 7.65. The van der Waals surface area contributed by atoms with Crippen LogP contribution in [0.4, 0.5) is 5.69 Å². The summed E-state index contributed by atoms with van der Waals surface area (Å²) in [5, 5.41) is 10.6. The molecular weight excluding hydrogens is 412 g/mol. The van der Waals surface area contributed by atoms with Crippen LogP contribution in [0.15, 0.2) is 119 Å². The summed E-state index contributed by atoms with van der Waals surface area (Å²) in [6.07, 6.45) is 0. The number of para-hydroxylation sites is 1. The Morgan fingerprint density at radius 3 is 1.91 bits per heavy atom. The second-order valence-corrected chi connectivity index (χ2v) is 8.69. The topological polar surface area (TPSA) is 35.8 Å². The smallest absolute Gasteiger partial charge is 0.169 e. The van der Waals surface area contributed by atoms with Gasteiger partial charge < -0.3 is 10.0 Å². The summed E-state index contributed by atoms with van der Waals surface area (Å²) in [6.45, 7) is 3.51. The summed E-state index contributed by atoms with van der Waals surface area (Å²) < 4.78 is 0. The quantitative estimate of drug-likeness (QED) is 0.197. The van der Waals surface area contributed by atoms with Crippen LogP contribution in [0.2, 0.25) is 0 Å². The Morgan fingerprint density at radius 2 is 1.28 bits per heavy atom. The van der Waals surface area contributed by atoms with E-state index in [1.165, 1.54) is 11.1 Å². The van der Waals surface area contributed by atoms with E-state index >= 15 is 0 Å². The van der Waals surface area contributed by atoms with Crippen LogP contribution in [0.1, 0.15) is 16.7 Å². The van der Waals surface area contributed by atoms with Crippen molar-refractivity contribution >= 4 is 22.6 Å². The average molecular weight is 439 g/mol. The van der Waals surface area contributed by atoms with E-state index in [2.05, 4.69) is 60.4 Å². The minimum Gasteiger partial charge on any atom is -0.508 e. The van der Waals surface area contributed by atoms with E-state index in [0.29, 0.717) is 6.54 Å². The third-order valence-electron chi connectivity index (χ3n) is 5.01. The number of benzene rings is 4. The average Bonchev–Trinajstić information content (AvgIpc) is 2.82. The Morgan fingerprint density at radius 1 is 0.719 bits per heavy atom. The van der Waals surface area contributed by atoms with Gasteiger partial charge in [-0.2, -0.15) is 0 Å². The van der Waals surface area contributed by atoms with Crippen LogP contribution in [0.5, 0.6) is 5.75 Å². The molecule has 32 heavy (non-hydrogen) atoms. The Kier molecular flexibility index (Phi) is 7.26. The summed E-state index contributed by atoms with van der Waals surface area (Å²) in [6, 6.07) is 36.4. The minimum atomic E-state index is 0.274. The Labute approximate surface area is 194 Å². The van der Waals surface area contributed by atoms with E-state index in [4.69, 9.17) is 4.99 Å². The number of amidine groups is 1. The van der Waals surface area contributed by atoms with E-state index in [1.807, 2.05) is 48.5 Å². The third kappa shape index (κ3) is 6.25. The van der Waals surface area contributed by atoms with Crippen molar-refractivity contribution in [2.75, 3.05) is 0 Å². The molecule has 4 heteroatoms.